The van der Waals surface area contributed by atoms with Gasteiger partial charge in [0.1, 0.15) is 0 Å². The summed E-state index contributed by atoms with van der Waals surface area (Å²) in [6, 6.07) is 5.15. The highest BCUT2D eigenvalue weighted by Crippen LogP contribution is 2.24. The zero-order valence-electron chi connectivity index (χ0n) is 9.57. The van der Waals surface area contributed by atoms with Crippen LogP contribution in [0.3, 0.4) is 0 Å². The second-order valence-electron chi connectivity index (χ2n) is 3.74. The summed E-state index contributed by atoms with van der Waals surface area (Å²) in [6.07, 6.45) is 0. The van der Waals surface area contributed by atoms with Gasteiger partial charge in [0.15, 0.2) is 11.6 Å². The Balaban J connectivity index is 2.54. The Bertz CT molecular complexity index is 331. The van der Waals surface area contributed by atoms with Crippen LogP contribution in [0, 0.1) is 11.7 Å². The van der Waals surface area contributed by atoms with Crippen LogP contribution in [0.5, 0.6) is 5.75 Å². The van der Waals surface area contributed by atoms with Gasteiger partial charge in [0.25, 0.3) is 0 Å². The van der Waals surface area contributed by atoms with E-state index in [2.05, 4.69) is 0 Å². The molecule has 4 heteroatoms. The Morgan fingerprint density at radius 1 is 1.50 bits per heavy atom. The molecule has 2 nitrogen and oxygen atoms in total. The van der Waals surface area contributed by atoms with E-state index in [1.165, 1.54) is 7.11 Å². The third-order valence-corrected chi connectivity index (χ3v) is 3.55. The average molecular weight is 244 g/mol. The van der Waals surface area contributed by atoms with E-state index in [-0.39, 0.29) is 24.1 Å². The van der Waals surface area contributed by atoms with Crippen LogP contribution < -0.4 is 4.74 Å². The topological polar surface area (TPSA) is 29.5 Å². The molecule has 16 heavy (non-hydrogen) atoms. The van der Waals surface area contributed by atoms with Gasteiger partial charge in [-0.15, -0.1) is 0 Å². The van der Waals surface area contributed by atoms with Crippen molar-refractivity contribution >= 4 is 11.8 Å². The third kappa shape index (κ3) is 3.68. The fraction of sp³-hybridized carbons (Fsp3) is 0.500. The molecule has 0 bridgehead atoms. The standard InChI is InChI=1S/C12H17FO2S/c1-9(6-14)7-16-8-10-4-3-5-11(15-2)12(10)13/h3-5,9,14H,6-8H2,1-2H3. The van der Waals surface area contributed by atoms with Crippen molar-refractivity contribution in [2.24, 2.45) is 5.92 Å². The van der Waals surface area contributed by atoms with E-state index in [9.17, 15) is 4.39 Å². The number of aliphatic hydroxyl groups is 1. The first-order valence-corrected chi connectivity index (χ1v) is 6.34. The summed E-state index contributed by atoms with van der Waals surface area (Å²) in [7, 11) is 1.46. The summed E-state index contributed by atoms with van der Waals surface area (Å²) in [6.45, 7) is 2.14. The maximum absolute atomic E-state index is 13.7. The van der Waals surface area contributed by atoms with Crippen LogP contribution in [-0.2, 0) is 5.75 Å². The van der Waals surface area contributed by atoms with Crippen LogP contribution in [0.4, 0.5) is 4.39 Å². The van der Waals surface area contributed by atoms with Gasteiger partial charge in [0, 0.05) is 17.9 Å². The highest BCUT2D eigenvalue weighted by Gasteiger charge is 2.08. The molecule has 0 saturated heterocycles. The van der Waals surface area contributed by atoms with Gasteiger partial charge < -0.3 is 9.84 Å². The van der Waals surface area contributed by atoms with Crippen molar-refractivity contribution in [3.8, 4) is 5.75 Å². The van der Waals surface area contributed by atoms with E-state index in [0.29, 0.717) is 11.3 Å². The molecule has 1 N–H and O–H groups in total. The van der Waals surface area contributed by atoms with Gasteiger partial charge in [-0.25, -0.2) is 4.39 Å². The molecule has 90 valence electrons. The van der Waals surface area contributed by atoms with E-state index in [1.807, 2.05) is 6.92 Å². The number of aliphatic hydroxyl groups excluding tert-OH is 1. The first-order chi connectivity index (χ1) is 7.69. The lowest BCUT2D eigenvalue weighted by molar-refractivity contribution is 0.250. The second-order valence-corrected chi connectivity index (χ2v) is 4.77. The zero-order chi connectivity index (χ0) is 12.0. The summed E-state index contributed by atoms with van der Waals surface area (Å²) in [5.74, 6) is 1.68. The Kier molecular flexibility index (Phi) is 5.63. The minimum Gasteiger partial charge on any atom is -0.494 e. The molecule has 1 aromatic carbocycles. The van der Waals surface area contributed by atoms with Gasteiger partial charge in [-0.05, 0) is 17.7 Å². The number of halogens is 1. The quantitative estimate of drug-likeness (QED) is 0.834. The molecule has 1 rings (SSSR count). The van der Waals surface area contributed by atoms with Crippen molar-refractivity contribution in [3.05, 3.63) is 29.6 Å². The van der Waals surface area contributed by atoms with Crippen molar-refractivity contribution in [1.82, 2.24) is 0 Å². The average Bonchev–Trinajstić information content (AvgIpc) is 2.31. The van der Waals surface area contributed by atoms with E-state index in [0.717, 1.165) is 5.75 Å². The normalized spacial score (nSPS) is 12.5. The van der Waals surface area contributed by atoms with Gasteiger partial charge in [0.05, 0.1) is 7.11 Å². The van der Waals surface area contributed by atoms with Crippen LogP contribution in [0.15, 0.2) is 18.2 Å². The molecule has 0 aliphatic carbocycles. The lowest BCUT2D eigenvalue weighted by Gasteiger charge is -2.09. The Labute approximate surface area is 99.8 Å². The molecule has 0 aliphatic heterocycles. The van der Waals surface area contributed by atoms with Crippen LogP contribution in [0.2, 0.25) is 0 Å². The van der Waals surface area contributed by atoms with Crippen molar-refractivity contribution in [2.45, 2.75) is 12.7 Å². The number of thioether (sulfide) groups is 1. The van der Waals surface area contributed by atoms with Crippen LogP contribution in [0.25, 0.3) is 0 Å². The van der Waals surface area contributed by atoms with Crippen molar-refractivity contribution in [3.63, 3.8) is 0 Å². The second kappa shape index (κ2) is 6.76. The molecule has 1 unspecified atom stereocenters. The van der Waals surface area contributed by atoms with Crippen LogP contribution >= 0.6 is 11.8 Å². The Morgan fingerprint density at radius 2 is 2.25 bits per heavy atom. The summed E-state index contributed by atoms with van der Waals surface area (Å²) in [4.78, 5) is 0. The molecule has 1 atom stereocenters. The van der Waals surface area contributed by atoms with Crippen molar-refractivity contribution in [1.29, 1.82) is 0 Å². The van der Waals surface area contributed by atoms with Crippen molar-refractivity contribution < 1.29 is 14.2 Å². The molecule has 0 amide bonds. The summed E-state index contributed by atoms with van der Waals surface area (Å²) < 4.78 is 18.6. The minimum atomic E-state index is -0.283. The summed E-state index contributed by atoms with van der Waals surface area (Å²) in [5, 5.41) is 8.86. The van der Waals surface area contributed by atoms with Gasteiger partial charge in [-0.3, -0.25) is 0 Å². The molecular weight excluding hydrogens is 227 g/mol. The number of ether oxygens (including phenoxy) is 1. The highest BCUT2D eigenvalue weighted by molar-refractivity contribution is 7.98. The Morgan fingerprint density at radius 3 is 2.88 bits per heavy atom. The molecule has 0 saturated carbocycles. The summed E-state index contributed by atoms with van der Waals surface area (Å²) in [5.41, 5.74) is 0.648. The number of rotatable bonds is 6. The smallest absolute Gasteiger partial charge is 0.169 e. The molecular formula is C12H17FO2S. The summed E-state index contributed by atoms with van der Waals surface area (Å²) >= 11 is 1.62. The Hall–Kier alpha value is -0.740. The molecule has 0 radical (unpaired) electrons. The predicted octanol–water partition coefficient (Wildman–Crippen LogP) is 2.70. The predicted molar refractivity (Wildman–Crippen MR) is 65.4 cm³/mol. The van der Waals surface area contributed by atoms with E-state index < -0.39 is 0 Å². The van der Waals surface area contributed by atoms with E-state index in [4.69, 9.17) is 9.84 Å². The first-order valence-electron chi connectivity index (χ1n) is 5.19. The fourth-order valence-electron chi connectivity index (χ4n) is 1.25. The third-order valence-electron chi connectivity index (χ3n) is 2.23. The van der Waals surface area contributed by atoms with E-state index >= 15 is 0 Å². The van der Waals surface area contributed by atoms with Crippen LogP contribution in [0.1, 0.15) is 12.5 Å². The number of methoxy groups -OCH3 is 1. The van der Waals surface area contributed by atoms with Gasteiger partial charge >= 0.3 is 0 Å². The molecule has 0 spiro atoms. The first kappa shape index (κ1) is 13.3. The van der Waals surface area contributed by atoms with Gasteiger partial charge in [-0.1, -0.05) is 19.1 Å². The fourth-order valence-corrected chi connectivity index (χ4v) is 2.32. The van der Waals surface area contributed by atoms with Gasteiger partial charge in [-0.2, -0.15) is 11.8 Å². The minimum absolute atomic E-state index is 0.174. The molecule has 1 aromatic rings. The maximum Gasteiger partial charge on any atom is 0.169 e. The van der Waals surface area contributed by atoms with Crippen molar-refractivity contribution in [2.75, 3.05) is 19.5 Å². The number of benzene rings is 1. The van der Waals surface area contributed by atoms with Gasteiger partial charge in [0.2, 0.25) is 0 Å². The lowest BCUT2D eigenvalue weighted by Crippen LogP contribution is -2.04. The number of hydrogen-bond donors (Lipinski definition) is 1. The molecule has 0 heterocycles. The zero-order valence-corrected chi connectivity index (χ0v) is 10.4. The molecule has 0 fully saturated rings. The highest BCUT2D eigenvalue weighted by atomic mass is 32.2. The van der Waals surface area contributed by atoms with Crippen LogP contribution in [-0.4, -0.2) is 24.6 Å². The number of hydrogen-bond acceptors (Lipinski definition) is 3. The molecule has 0 aliphatic rings. The maximum atomic E-state index is 13.7. The molecule has 0 aromatic heterocycles. The lowest BCUT2D eigenvalue weighted by atomic mass is 10.2. The SMILES string of the molecule is COc1cccc(CSCC(C)CO)c1F. The monoisotopic (exact) mass is 244 g/mol. The largest absolute Gasteiger partial charge is 0.494 e. The van der Waals surface area contributed by atoms with E-state index in [1.54, 1.807) is 30.0 Å².